The van der Waals surface area contributed by atoms with E-state index in [2.05, 4.69) is 5.32 Å². The molecule has 226 valence electrons. The molecule has 0 spiro atoms. The number of nitrogens with zero attached hydrogens (tertiary/aromatic N) is 2. The fourth-order valence-electron chi connectivity index (χ4n) is 4.33. The van der Waals surface area contributed by atoms with E-state index in [0.717, 1.165) is 9.87 Å². The fourth-order valence-corrected chi connectivity index (χ4v) is 6.01. The Morgan fingerprint density at radius 1 is 0.952 bits per heavy atom. The van der Waals surface area contributed by atoms with E-state index in [1.54, 1.807) is 55.6 Å². The summed E-state index contributed by atoms with van der Waals surface area (Å²) in [6, 6.07) is 18.7. The maximum absolute atomic E-state index is 14.1. The van der Waals surface area contributed by atoms with Gasteiger partial charge < -0.3 is 19.7 Å². The lowest BCUT2D eigenvalue weighted by molar-refractivity contribution is -0.140. The molecule has 0 bridgehead atoms. The third-order valence-electron chi connectivity index (χ3n) is 6.62. The third-order valence-corrected chi connectivity index (χ3v) is 8.70. The summed E-state index contributed by atoms with van der Waals surface area (Å²) >= 11 is 6.37. The molecule has 1 atom stereocenters. The van der Waals surface area contributed by atoms with Crippen LogP contribution >= 0.6 is 11.6 Å². The molecule has 11 heteroatoms. The third kappa shape index (κ3) is 8.17. The van der Waals surface area contributed by atoms with Crippen molar-refractivity contribution in [3.05, 3.63) is 83.4 Å². The van der Waals surface area contributed by atoms with E-state index in [4.69, 9.17) is 21.1 Å². The lowest BCUT2D eigenvalue weighted by Gasteiger charge is -2.33. The van der Waals surface area contributed by atoms with E-state index in [0.29, 0.717) is 24.5 Å². The molecule has 0 fully saturated rings. The maximum atomic E-state index is 14.1. The largest absolute Gasteiger partial charge is 0.497 e. The molecule has 0 aromatic heterocycles. The summed E-state index contributed by atoms with van der Waals surface area (Å²) in [6.07, 6.45) is 0.325. The molecule has 0 saturated carbocycles. The van der Waals surface area contributed by atoms with Crippen LogP contribution in [0.5, 0.6) is 11.5 Å². The number of hydrogen-bond donors (Lipinski definition) is 1. The molecule has 9 nitrogen and oxygen atoms in total. The van der Waals surface area contributed by atoms with E-state index in [1.807, 2.05) is 20.8 Å². The van der Waals surface area contributed by atoms with Gasteiger partial charge in [0.2, 0.25) is 11.8 Å². The minimum atomic E-state index is -4.21. The zero-order valence-electron chi connectivity index (χ0n) is 24.5. The number of ether oxygens (including phenoxy) is 2. The Labute approximate surface area is 253 Å². The summed E-state index contributed by atoms with van der Waals surface area (Å²) < 4.78 is 39.3. The predicted octanol–water partition coefficient (Wildman–Crippen LogP) is 5.13. The van der Waals surface area contributed by atoms with Gasteiger partial charge in [0.15, 0.2) is 0 Å². The second-order valence-corrected chi connectivity index (χ2v) is 12.3. The predicted molar refractivity (Wildman–Crippen MR) is 164 cm³/mol. The summed E-state index contributed by atoms with van der Waals surface area (Å²) in [4.78, 5) is 28.9. The van der Waals surface area contributed by atoms with E-state index in [-0.39, 0.29) is 34.0 Å². The fraction of sp³-hybridized carbons (Fsp3) is 0.355. The zero-order chi connectivity index (χ0) is 30.9. The highest BCUT2D eigenvalue weighted by Gasteiger charge is 2.34. The Balaban J connectivity index is 2.06. The van der Waals surface area contributed by atoms with Gasteiger partial charge in [-0.15, -0.1) is 0 Å². The number of sulfonamides is 1. The van der Waals surface area contributed by atoms with E-state index in [1.165, 1.54) is 36.3 Å². The van der Waals surface area contributed by atoms with Crippen molar-refractivity contribution in [2.45, 2.75) is 44.7 Å². The topological polar surface area (TPSA) is 105 Å². The van der Waals surface area contributed by atoms with Crippen LogP contribution in [0.15, 0.2) is 77.7 Å². The Morgan fingerprint density at radius 3 is 2.17 bits per heavy atom. The lowest BCUT2D eigenvalue weighted by Crippen LogP contribution is -2.52. The quantitative estimate of drug-likeness (QED) is 0.270. The van der Waals surface area contributed by atoms with Gasteiger partial charge >= 0.3 is 0 Å². The van der Waals surface area contributed by atoms with Gasteiger partial charge in [-0.05, 0) is 60.4 Å². The number of methoxy groups -OCH3 is 2. The number of hydrogen-bond acceptors (Lipinski definition) is 6. The van der Waals surface area contributed by atoms with Crippen LogP contribution in [0.4, 0.5) is 5.69 Å². The first-order valence-corrected chi connectivity index (χ1v) is 15.4. The van der Waals surface area contributed by atoms with Gasteiger partial charge in [-0.3, -0.25) is 13.9 Å². The molecule has 0 radical (unpaired) electrons. The Hall–Kier alpha value is -3.76. The second-order valence-electron chi connectivity index (χ2n) is 10.1. The first-order chi connectivity index (χ1) is 20.0. The normalized spacial score (nSPS) is 12.0. The number of benzene rings is 3. The molecule has 0 heterocycles. The number of amides is 2. The summed E-state index contributed by atoms with van der Waals surface area (Å²) in [5, 5.41) is 3.10. The average molecular weight is 616 g/mol. The highest BCUT2D eigenvalue weighted by Crippen LogP contribution is 2.32. The lowest BCUT2D eigenvalue weighted by atomic mass is 10.1. The van der Waals surface area contributed by atoms with Gasteiger partial charge in [-0.25, -0.2) is 8.42 Å². The van der Waals surface area contributed by atoms with E-state index in [9.17, 15) is 18.0 Å². The molecule has 0 aliphatic carbocycles. The minimum absolute atomic E-state index is 0.00756. The maximum Gasteiger partial charge on any atom is 0.264 e. The minimum Gasteiger partial charge on any atom is -0.497 e. The van der Waals surface area contributed by atoms with Crippen molar-refractivity contribution in [2.24, 2.45) is 5.92 Å². The van der Waals surface area contributed by atoms with Gasteiger partial charge in [-0.2, -0.15) is 0 Å². The van der Waals surface area contributed by atoms with Crippen LogP contribution in [0.2, 0.25) is 5.02 Å². The van der Waals surface area contributed by atoms with Crippen LogP contribution in [0.25, 0.3) is 0 Å². The molecule has 3 rings (SSSR count). The van der Waals surface area contributed by atoms with Crippen molar-refractivity contribution in [2.75, 3.05) is 31.6 Å². The van der Waals surface area contributed by atoms with Crippen LogP contribution in [-0.2, 0) is 26.2 Å². The summed E-state index contributed by atoms with van der Waals surface area (Å²) in [5.74, 6) is 0.359. The molecule has 2 amide bonds. The van der Waals surface area contributed by atoms with Gasteiger partial charge in [0.05, 0.1) is 29.8 Å². The molecular formula is C31H38ClN3O6S. The smallest absolute Gasteiger partial charge is 0.264 e. The van der Waals surface area contributed by atoms with Crippen LogP contribution in [0.3, 0.4) is 0 Å². The van der Waals surface area contributed by atoms with Crippen LogP contribution in [-0.4, -0.2) is 58.5 Å². The van der Waals surface area contributed by atoms with Gasteiger partial charge in [0.25, 0.3) is 10.0 Å². The standard InChI is InChI=1S/C31H38ClN3O6S/c1-6-28(31(37)33-19-22(2)3)34(20-23-12-15-25(40-4)16-13-23)30(36)21-35(24-14-17-29(41-5)27(32)18-24)42(38,39)26-10-8-7-9-11-26/h7-18,22,28H,6,19-21H2,1-5H3,(H,33,37)/t28-/m1/s1. The van der Waals surface area contributed by atoms with Crippen molar-refractivity contribution in [3.8, 4) is 11.5 Å². The molecule has 0 saturated heterocycles. The highest BCUT2D eigenvalue weighted by atomic mass is 35.5. The van der Waals surface area contributed by atoms with Gasteiger partial charge in [0.1, 0.15) is 24.1 Å². The van der Waals surface area contributed by atoms with Crippen LogP contribution < -0.4 is 19.1 Å². The van der Waals surface area contributed by atoms with Gasteiger partial charge in [-0.1, -0.05) is 62.7 Å². The van der Waals surface area contributed by atoms with Crippen molar-refractivity contribution in [1.82, 2.24) is 10.2 Å². The number of carbonyl (C=O) groups is 2. The zero-order valence-corrected chi connectivity index (χ0v) is 26.1. The second kappa shape index (κ2) is 14.9. The number of halogens is 1. The Kier molecular flexibility index (Phi) is 11.6. The van der Waals surface area contributed by atoms with Crippen molar-refractivity contribution < 1.29 is 27.5 Å². The molecule has 0 aliphatic heterocycles. The molecule has 3 aromatic carbocycles. The first-order valence-electron chi connectivity index (χ1n) is 13.6. The summed E-state index contributed by atoms with van der Waals surface area (Å²) in [5.41, 5.74) is 0.934. The van der Waals surface area contributed by atoms with E-state index >= 15 is 0 Å². The van der Waals surface area contributed by atoms with Crippen molar-refractivity contribution >= 4 is 39.1 Å². The highest BCUT2D eigenvalue weighted by molar-refractivity contribution is 7.92. The van der Waals surface area contributed by atoms with Gasteiger partial charge in [0, 0.05) is 13.1 Å². The molecule has 0 unspecified atom stereocenters. The molecular weight excluding hydrogens is 578 g/mol. The van der Waals surface area contributed by atoms with Crippen molar-refractivity contribution in [1.29, 1.82) is 0 Å². The van der Waals surface area contributed by atoms with E-state index < -0.39 is 28.5 Å². The number of nitrogens with one attached hydrogen (secondary N) is 1. The SMILES string of the molecule is CC[C@H](C(=O)NCC(C)C)N(Cc1ccc(OC)cc1)C(=O)CN(c1ccc(OC)c(Cl)c1)S(=O)(=O)c1ccccc1. The monoisotopic (exact) mass is 615 g/mol. The summed E-state index contributed by atoms with van der Waals surface area (Å²) in [6.45, 7) is 5.74. The number of rotatable bonds is 14. The van der Waals surface area contributed by atoms with Crippen molar-refractivity contribution in [3.63, 3.8) is 0 Å². The molecule has 0 aliphatic rings. The number of carbonyl (C=O) groups excluding carboxylic acids is 2. The Bertz CT molecular complexity index is 1450. The molecule has 1 N–H and O–H groups in total. The average Bonchev–Trinajstić information content (AvgIpc) is 2.99. The molecule has 3 aromatic rings. The Morgan fingerprint density at radius 2 is 1.62 bits per heavy atom. The molecule has 42 heavy (non-hydrogen) atoms. The first kappa shape index (κ1) is 32.8. The number of anilines is 1. The van der Waals surface area contributed by atoms with Crippen LogP contribution in [0.1, 0.15) is 32.8 Å². The van der Waals surface area contributed by atoms with Crippen LogP contribution in [0, 0.1) is 5.92 Å². The summed E-state index contributed by atoms with van der Waals surface area (Å²) in [7, 11) is -1.19.